The van der Waals surface area contributed by atoms with Crippen LogP contribution in [0, 0.1) is 5.82 Å². The predicted molar refractivity (Wildman–Crippen MR) is 98.1 cm³/mol. The second kappa shape index (κ2) is 7.24. The highest BCUT2D eigenvalue weighted by Gasteiger charge is 2.11. The van der Waals surface area contributed by atoms with E-state index >= 15 is 0 Å². The summed E-state index contributed by atoms with van der Waals surface area (Å²) in [6.45, 7) is 0. The van der Waals surface area contributed by atoms with Crippen LogP contribution in [0.25, 0.3) is 0 Å². The summed E-state index contributed by atoms with van der Waals surface area (Å²) in [7, 11) is 0. The average Bonchev–Trinajstić information content (AvgIpc) is 2.38. The molecule has 8 heteroatoms. The first-order chi connectivity index (χ1) is 9.86. The molecule has 0 saturated carbocycles. The van der Waals surface area contributed by atoms with Gasteiger partial charge in [0.05, 0.1) is 16.4 Å². The van der Waals surface area contributed by atoms with Crippen LogP contribution in [0.4, 0.5) is 15.8 Å². The number of hydrogen-bond acceptors (Lipinski definition) is 1. The molecule has 2 N–H and O–H groups in total. The lowest BCUT2D eigenvalue weighted by atomic mass is 10.3. The van der Waals surface area contributed by atoms with Crippen molar-refractivity contribution in [3.05, 3.63) is 55.1 Å². The molecule has 0 atom stereocenters. The molecule has 0 aliphatic heterocycles. The van der Waals surface area contributed by atoms with Crippen LogP contribution in [0.2, 0.25) is 10.0 Å². The van der Waals surface area contributed by atoms with Crippen molar-refractivity contribution in [2.45, 2.75) is 0 Å². The molecule has 0 saturated heterocycles. The molecule has 0 spiro atoms. The van der Waals surface area contributed by atoms with Gasteiger partial charge in [-0.1, -0.05) is 39.1 Å². The SMILES string of the molecule is Fc1cc(Br)cc(Br)c1NC(=S)Nc1cc(Cl)ccc1Cl. The molecule has 2 nitrogen and oxygen atoms in total. The van der Waals surface area contributed by atoms with E-state index < -0.39 is 5.82 Å². The van der Waals surface area contributed by atoms with E-state index in [1.165, 1.54) is 6.07 Å². The second-order valence-corrected chi connectivity index (χ2v) is 6.97. The number of halogens is 5. The fourth-order valence-electron chi connectivity index (χ4n) is 1.52. The summed E-state index contributed by atoms with van der Waals surface area (Å²) in [6.07, 6.45) is 0. The first kappa shape index (κ1) is 17.0. The molecule has 2 rings (SSSR count). The van der Waals surface area contributed by atoms with Crippen LogP contribution in [0.3, 0.4) is 0 Å². The molecule has 21 heavy (non-hydrogen) atoms. The van der Waals surface area contributed by atoms with Gasteiger partial charge in [-0.2, -0.15) is 0 Å². The van der Waals surface area contributed by atoms with Crippen LogP contribution >= 0.6 is 67.3 Å². The molecular formula is C13H7Br2Cl2FN2S. The lowest BCUT2D eigenvalue weighted by Gasteiger charge is -2.14. The molecule has 0 fully saturated rings. The minimum Gasteiger partial charge on any atom is -0.331 e. The Morgan fingerprint density at radius 1 is 1.10 bits per heavy atom. The lowest BCUT2D eigenvalue weighted by molar-refractivity contribution is 0.630. The molecular weight excluding hydrogens is 466 g/mol. The van der Waals surface area contributed by atoms with Crippen LogP contribution in [0.1, 0.15) is 0 Å². The van der Waals surface area contributed by atoms with E-state index in [1.54, 1.807) is 24.3 Å². The van der Waals surface area contributed by atoms with Gasteiger partial charge in [0, 0.05) is 14.0 Å². The van der Waals surface area contributed by atoms with Gasteiger partial charge >= 0.3 is 0 Å². The van der Waals surface area contributed by atoms with E-state index in [0.717, 1.165) is 0 Å². The Kier molecular flexibility index (Phi) is 5.85. The largest absolute Gasteiger partial charge is 0.331 e. The van der Waals surface area contributed by atoms with Crippen LogP contribution < -0.4 is 10.6 Å². The zero-order valence-electron chi connectivity index (χ0n) is 10.2. The van der Waals surface area contributed by atoms with E-state index in [-0.39, 0.29) is 10.8 Å². The zero-order chi connectivity index (χ0) is 15.6. The van der Waals surface area contributed by atoms with E-state index in [0.29, 0.717) is 24.7 Å². The monoisotopic (exact) mass is 470 g/mol. The van der Waals surface area contributed by atoms with Crippen molar-refractivity contribution in [2.75, 3.05) is 10.6 Å². The number of nitrogens with one attached hydrogen (secondary N) is 2. The quantitative estimate of drug-likeness (QED) is 0.490. The summed E-state index contributed by atoms with van der Waals surface area (Å²) < 4.78 is 15.1. The number of anilines is 2. The van der Waals surface area contributed by atoms with Crippen LogP contribution in [0.15, 0.2) is 39.3 Å². The minimum absolute atomic E-state index is 0.195. The normalized spacial score (nSPS) is 10.3. The van der Waals surface area contributed by atoms with Gasteiger partial charge in [0.15, 0.2) is 5.11 Å². The maximum absolute atomic E-state index is 13.9. The van der Waals surface area contributed by atoms with Crippen molar-refractivity contribution in [2.24, 2.45) is 0 Å². The Morgan fingerprint density at radius 3 is 2.48 bits per heavy atom. The van der Waals surface area contributed by atoms with Crippen LogP contribution in [-0.2, 0) is 0 Å². The zero-order valence-corrected chi connectivity index (χ0v) is 15.7. The van der Waals surface area contributed by atoms with Crippen molar-refractivity contribution in [1.29, 1.82) is 0 Å². The molecule has 0 heterocycles. The predicted octanol–water partition coefficient (Wildman–Crippen LogP) is 6.47. The summed E-state index contributed by atoms with van der Waals surface area (Å²) >= 11 is 23.5. The maximum atomic E-state index is 13.9. The Labute approximate surface area is 153 Å². The highest BCUT2D eigenvalue weighted by Crippen LogP contribution is 2.30. The molecule has 2 aromatic rings. The number of hydrogen-bond donors (Lipinski definition) is 2. The molecule has 2 aromatic carbocycles. The minimum atomic E-state index is -0.447. The van der Waals surface area contributed by atoms with Crippen LogP contribution in [0.5, 0.6) is 0 Å². The van der Waals surface area contributed by atoms with E-state index in [1.807, 2.05) is 0 Å². The first-order valence-electron chi connectivity index (χ1n) is 5.54. The van der Waals surface area contributed by atoms with Gasteiger partial charge in [0.2, 0.25) is 0 Å². The maximum Gasteiger partial charge on any atom is 0.175 e. The van der Waals surface area contributed by atoms with Gasteiger partial charge in [-0.25, -0.2) is 4.39 Å². The standard InChI is InChI=1S/C13H7Br2Cl2FN2S/c14-6-3-8(15)12(10(18)4-6)20-13(21)19-11-5-7(16)1-2-9(11)17/h1-5H,(H2,19,20,21). The Morgan fingerprint density at radius 2 is 1.81 bits per heavy atom. The molecule has 0 unspecified atom stereocenters. The van der Waals surface area contributed by atoms with E-state index in [9.17, 15) is 4.39 Å². The third-order valence-electron chi connectivity index (χ3n) is 2.42. The molecule has 110 valence electrons. The highest BCUT2D eigenvalue weighted by molar-refractivity contribution is 9.11. The van der Waals surface area contributed by atoms with Gasteiger partial charge in [-0.3, -0.25) is 0 Å². The summed E-state index contributed by atoms with van der Waals surface area (Å²) in [6, 6.07) is 7.98. The number of rotatable bonds is 2. The smallest absolute Gasteiger partial charge is 0.175 e. The van der Waals surface area contributed by atoms with E-state index in [4.69, 9.17) is 35.4 Å². The van der Waals surface area contributed by atoms with Crippen molar-refractivity contribution in [3.63, 3.8) is 0 Å². The molecule has 0 bridgehead atoms. The van der Waals surface area contributed by atoms with Crippen molar-refractivity contribution < 1.29 is 4.39 Å². The Bertz CT molecular complexity index is 690. The second-order valence-electron chi connectivity index (χ2n) is 3.95. The summed E-state index contributed by atoms with van der Waals surface area (Å²) in [5, 5.41) is 6.82. The molecule has 0 radical (unpaired) electrons. The number of thiocarbonyl (C=S) groups is 1. The van der Waals surface area contributed by atoms with Gasteiger partial charge in [0.25, 0.3) is 0 Å². The summed E-state index contributed by atoms with van der Waals surface area (Å²) in [5.74, 6) is -0.447. The first-order valence-corrected chi connectivity index (χ1v) is 8.29. The lowest BCUT2D eigenvalue weighted by Crippen LogP contribution is -2.20. The van der Waals surface area contributed by atoms with Gasteiger partial charge in [-0.15, -0.1) is 0 Å². The molecule has 0 amide bonds. The van der Waals surface area contributed by atoms with Crippen molar-refractivity contribution in [1.82, 2.24) is 0 Å². The fraction of sp³-hybridized carbons (Fsp3) is 0. The average molecular weight is 473 g/mol. The summed E-state index contributed by atoms with van der Waals surface area (Å²) in [5.41, 5.74) is 0.768. The summed E-state index contributed by atoms with van der Waals surface area (Å²) in [4.78, 5) is 0. The molecule has 0 aliphatic carbocycles. The van der Waals surface area contributed by atoms with Crippen molar-refractivity contribution >= 4 is 83.8 Å². The van der Waals surface area contributed by atoms with Gasteiger partial charge < -0.3 is 10.6 Å². The Balaban J connectivity index is 2.17. The van der Waals surface area contributed by atoms with Crippen LogP contribution in [-0.4, -0.2) is 5.11 Å². The third kappa shape index (κ3) is 4.53. The fourth-order valence-corrected chi connectivity index (χ4v) is 3.34. The third-order valence-corrected chi connectivity index (χ3v) is 4.27. The van der Waals surface area contributed by atoms with Gasteiger partial charge in [-0.05, 0) is 58.5 Å². The molecule has 0 aliphatic rings. The highest BCUT2D eigenvalue weighted by atomic mass is 79.9. The van der Waals surface area contributed by atoms with Crippen molar-refractivity contribution in [3.8, 4) is 0 Å². The topological polar surface area (TPSA) is 24.1 Å². The number of benzene rings is 2. The van der Waals surface area contributed by atoms with Gasteiger partial charge in [0.1, 0.15) is 5.82 Å². The Hall–Kier alpha value is -0.400. The van der Waals surface area contributed by atoms with E-state index in [2.05, 4.69) is 42.5 Å². The molecule has 0 aromatic heterocycles.